The van der Waals surface area contributed by atoms with E-state index in [4.69, 9.17) is 15.2 Å². The molecular weight excluding hydrogens is 159 g/mol. The van der Waals surface area contributed by atoms with Crippen LogP contribution in [0.2, 0.25) is 0 Å². The van der Waals surface area contributed by atoms with Crippen LogP contribution in [0.4, 0.5) is 0 Å². The molecule has 0 aromatic carbocycles. The molecule has 0 aliphatic heterocycles. The van der Waals surface area contributed by atoms with Gasteiger partial charge in [0.2, 0.25) is 0 Å². The van der Waals surface area contributed by atoms with Crippen LogP contribution in [-0.2, 0) is 4.65 Å². The molecule has 72 valence electrons. The van der Waals surface area contributed by atoms with Gasteiger partial charge in [0.1, 0.15) is 0 Å². The average molecular weight is 176 g/mol. The van der Waals surface area contributed by atoms with E-state index in [1.807, 2.05) is 20.8 Å². The minimum absolute atomic E-state index is 0.00227. The van der Waals surface area contributed by atoms with E-state index in [1.165, 1.54) is 0 Å². The zero-order valence-electron chi connectivity index (χ0n) is 7.82. The van der Waals surface area contributed by atoms with E-state index in [-0.39, 0.29) is 12.0 Å². The van der Waals surface area contributed by atoms with Gasteiger partial charge in [-0.1, -0.05) is 20.8 Å². The van der Waals surface area contributed by atoms with Crippen molar-refractivity contribution in [2.24, 2.45) is 5.41 Å². The molecule has 3 N–H and O–H groups in total. The van der Waals surface area contributed by atoms with Crippen molar-refractivity contribution in [1.29, 1.82) is 0 Å². The second-order valence-corrected chi connectivity index (χ2v) is 4.03. The third-order valence-electron chi connectivity index (χ3n) is 1.36. The maximum atomic E-state index is 8.79. The number of aliphatic hydroxyl groups excluding tert-OH is 1. The molecule has 0 amide bonds. The molecule has 0 radical (unpaired) electrons. The van der Waals surface area contributed by atoms with E-state index >= 15 is 0 Å². The Morgan fingerprint density at radius 1 is 1.33 bits per heavy atom. The van der Waals surface area contributed by atoms with Crippen LogP contribution in [0.15, 0.2) is 0 Å². The molecule has 0 aromatic heterocycles. The van der Waals surface area contributed by atoms with Crippen LogP contribution < -0.4 is 0 Å². The fourth-order valence-electron chi connectivity index (χ4n) is 1.01. The van der Waals surface area contributed by atoms with E-state index in [1.54, 1.807) is 0 Å². The number of hydrogen-bond donors (Lipinski definition) is 3. The SMILES string of the molecule is CC(C)(C)CC(CO)OB(O)O. The summed E-state index contributed by atoms with van der Waals surface area (Å²) in [7, 11) is -1.80. The fourth-order valence-corrected chi connectivity index (χ4v) is 1.01. The Kier molecular flexibility index (Phi) is 4.78. The van der Waals surface area contributed by atoms with Gasteiger partial charge in [-0.05, 0) is 11.8 Å². The third kappa shape index (κ3) is 6.60. The lowest BCUT2D eigenvalue weighted by Gasteiger charge is -2.24. The van der Waals surface area contributed by atoms with Crippen LogP contribution in [0.5, 0.6) is 0 Å². The first-order valence-electron chi connectivity index (χ1n) is 3.97. The largest absolute Gasteiger partial charge is 0.634 e. The molecule has 0 aromatic rings. The van der Waals surface area contributed by atoms with Gasteiger partial charge in [-0.2, -0.15) is 0 Å². The third-order valence-corrected chi connectivity index (χ3v) is 1.36. The lowest BCUT2D eigenvalue weighted by Crippen LogP contribution is -2.31. The summed E-state index contributed by atoms with van der Waals surface area (Å²) in [6.45, 7) is 5.77. The number of rotatable bonds is 4. The minimum atomic E-state index is -1.80. The second-order valence-electron chi connectivity index (χ2n) is 4.03. The van der Waals surface area contributed by atoms with Crippen LogP contribution >= 0.6 is 0 Å². The van der Waals surface area contributed by atoms with Crippen molar-refractivity contribution in [3.8, 4) is 0 Å². The normalized spacial score (nSPS) is 14.5. The summed E-state index contributed by atoms with van der Waals surface area (Å²) < 4.78 is 4.64. The summed E-state index contributed by atoms with van der Waals surface area (Å²) in [6.07, 6.45) is 0.0752. The lowest BCUT2D eigenvalue weighted by molar-refractivity contribution is 0.0416. The Hall–Kier alpha value is -0.0951. The Morgan fingerprint density at radius 3 is 2.08 bits per heavy atom. The molecule has 1 atom stereocenters. The molecule has 0 saturated heterocycles. The van der Waals surface area contributed by atoms with E-state index in [9.17, 15) is 0 Å². The maximum Gasteiger partial charge on any atom is 0.634 e. The monoisotopic (exact) mass is 176 g/mol. The van der Waals surface area contributed by atoms with Crippen molar-refractivity contribution in [2.45, 2.75) is 33.3 Å². The van der Waals surface area contributed by atoms with Gasteiger partial charge in [-0.25, -0.2) is 0 Å². The van der Waals surface area contributed by atoms with E-state index in [2.05, 4.69) is 4.65 Å². The Morgan fingerprint density at radius 2 is 1.83 bits per heavy atom. The molecule has 1 unspecified atom stereocenters. The van der Waals surface area contributed by atoms with Crippen molar-refractivity contribution in [3.63, 3.8) is 0 Å². The highest BCUT2D eigenvalue weighted by Crippen LogP contribution is 2.22. The van der Waals surface area contributed by atoms with Crippen molar-refractivity contribution in [1.82, 2.24) is 0 Å². The van der Waals surface area contributed by atoms with Crippen molar-refractivity contribution in [2.75, 3.05) is 6.61 Å². The first kappa shape index (κ1) is 11.9. The van der Waals surface area contributed by atoms with Crippen LogP contribution in [0.25, 0.3) is 0 Å². The highest BCUT2D eigenvalue weighted by molar-refractivity contribution is 6.32. The summed E-state index contributed by atoms with van der Waals surface area (Å²) in [6, 6.07) is 0. The van der Waals surface area contributed by atoms with E-state index in [0.29, 0.717) is 6.42 Å². The molecule has 0 aliphatic rings. The molecule has 4 nitrogen and oxygen atoms in total. The van der Waals surface area contributed by atoms with Crippen LogP contribution in [0, 0.1) is 5.41 Å². The van der Waals surface area contributed by atoms with Gasteiger partial charge in [0.25, 0.3) is 0 Å². The summed E-state index contributed by atoms with van der Waals surface area (Å²) >= 11 is 0. The van der Waals surface area contributed by atoms with Crippen molar-refractivity contribution < 1.29 is 19.8 Å². The van der Waals surface area contributed by atoms with Crippen LogP contribution in [0.3, 0.4) is 0 Å². The van der Waals surface area contributed by atoms with Crippen LogP contribution in [0.1, 0.15) is 27.2 Å². The Balaban J connectivity index is 3.83. The summed E-state index contributed by atoms with van der Waals surface area (Å²) in [5, 5.41) is 25.7. The molecule has 0 rings (SSSR count). The highest BCUT2D eigenvalue weighted by atomic mass is 16.6. The molecule has 0 bridgehead atoms. The molecular formula is C7H17BO4. The predicted octanol–water partition coefficient (Wildman–Crippen LogP) is -0.230. The quantitative estimate of drug-likeness (QED) is 0.517. The first-order chi connectivity index (χ1) is 5.35. The molecule has 0 heterocycles. The standard InChI is InChI=1S/C7H17BO4/c1-7(2,3)4-6(5-9)12-8(10)11/h6,9-11H,4-5H2,1-3H3. The molecule has 0 aliphatic carbocycles. The zero-order valence-corrected chi connectivity index (χ0v) is 7.82. The number of aliphatic hydroxyl groups is 1. The van der Waals surface area contributed by atoms with Crippen molar-refractivity contribution >= 4 is 7.32 Å². The average Bonchev–Trinajstić information content (AvgIpc) is 1.82. The molecule has 12 heavy (non-hydrogen) atoms. The topological polar surface area (TPSA) is 69.9 Å². The fraction of sp³-hybridized carbons (Fsp3) is 1.00. The summed E-state index contributed by atoms with van der Waals surface area (Å²) in [4.78, 5) is 0. The molecule has 5 heteroatoms. The predicted molar refractivity (Wildman–Crippen MR) is 46.2 cm³/mol. The zero-order chi connectivity index (χ0) is 9.78. The van der Waals surface area contributed by atoms with E-state index < -0.39 is 13.4 Å². The van der Waals surface area contributed by atoms with Gasteiger partial charge >= 0.3 is 7.32 Å². The maximum absolute atomic E-state index is 8.79. The van der Waals surface area contributed by atoms with Gasteiger partial charge in [0.15, 0.2) is 0 Å². The van der Waals surface area contributed by atoms with Gasteiger partial charge in [0.05, 0.1) is 12.7 Å². The molecule has 0 fully saturated rings. The smallest absolute Gasteiger partial charge is 0.402 e. The second kappa shape index (κ2) is 4.82. The molecule has 0 saturated carbocycles. The van der Waals surface area contributed by atoms with Crippen LogP contribution in [-0.4, -0.2) is 35.2 Å². The van der Waals surface area contributed by atoms with Gasteiger partial charge in [0, 0.05) is 0 Å². The minimum Gasteiger partial charge on any atom is -0.402 e. The van der Waals surface area contributed by atoms with Crippen molar-refractivity contribution in [3.05, 3.63) is 0 Å². The highest BCUT2D eigenvalue weighted by Gasteiger charge is 2.22. The van der Waals surface area contributed by atoms with Gasteiger partial charge in [-0.3, -0.25) is 0 Å². The van der Waals surface area contributed by atoms with Gasteiger partial charge < -0.3 is 19.8 Å². The summed E-state index contributed by atoms with van der Waals surface area (Å²) in [5.41, 5.74) is 0.00227. The Bertz CT molecular complexity index is 121. The summed E-state index contributed by atoms with van der Waals surface area (Å²) in [5.74, 6) is 0. The number of hydrogen-bond acceptors (Lipinski definition) is 4. The van der Waals surface area contributed by atoms with Gasteiger partial charge in [-0.15, -0.1) is 0 Å². The molecule has 0 spiro atoms. The van der Waals surface area contributed by atoms with E-state index in [0.717, 1.165) is 0 Å². The first-order valence-corrected chi connectivity index (χ1v) is 3.97. The lowest BCUT2D eigenvalue weighted by atomic mass is 9.89. The Labute approximate surface area is 73.4 Å².